The first-order valence-corrected chi connectivity index (χ1v) is 17.1. The van der Waals surface area contributed by atoms with E-state index in [2.05, 4.69) is 74.5 Å². The van der Waals surface area contributed by atoms with Crippen LogP contribution >= 0.6 is 0 Å². The highest BCUT2D eigenvalue weighted by atomic mass is 16.3. The Morgan fingerprint density at radius 1 is 0.833 bits per heavy atom. The highest BCUT2D eigenvalue weighted by molar-refractivity contribution is 6.23. The van der Waals surface area contributed by atoms with Crippen LogP contribution < -0.4 is 0 Å². The van der Waals surface area contributed by atoms with Gasteiger partial charge in [-0.25, -0.2) is 0 Å². The third-order valence-corrected chi connectivity index (χ3v) is 12.9. The second-order valence-corrected chi connectivity index (χ2v) is 14.6. The normalized spacial score (nSPS) is 33.9. The molecular weight excluding hydrogens is 508 g/mol. The van der Waals surface area contributed by atoms with Gasteiger partial charge in [0.15, 0.2) is 0 Å². The molecule has 4 aliphatic carbocycles. The molecule has 0 radical (unpaired) electrons. The van der Waals surface area contributed by atoms with Crippen molar-refractivity contribution >= 4 is 32.3 Å². The molecule has 42 heavy (non-hydrogen) atoms. The van der Waals surface area contributed by atoms with Gasteiger partial charge in [0, 0.05) is 0 Å². The average Bonchev–Trinajstić information content (AvgIpc) is 3.37. The summed E-state index contributed by atoms with van der Waals surface area (Å²) >= 11 is 0. The molecule has 1 heteroatoms. The summed E-state index contributed by atoms with van der Waals surface area (Å²) in [7, 11) is 0. The van der Waals surface area contributed by atoms with Gasteiger partial charge in [-0.3, -0.25) is 0 Å². The van der Waals surface area contributed by atoms with Crippen molar-refractivity contribution in [2.24, 2.45) is 34.5 Å². The van der Waals surface area contributed by atoms with Crippen molar-refractivity contribution in [3.63, 3.8) is 0 Å². The largest absolute Gasteiger partial charge is 0.393 e. The van der Waals surface area contributed by atoms with Gasteiger partial charge in [0.1, 0.15) is 0 Å². The fraction of sp³-hybridized carbons (Fsp3) is 0.512. The van der Waals surface area contributed by atoms with Crippen LogP contribution in [0.4, 0.5) is 0 Å². The van der Waals surface area contributed by atoms with E-state index in [4.69, 9.17) is 6.58 Å². The molecule has 4 aromatic rings. The Morgan fingerprint density at radius 2 is 1.55 bits per heavy atom. The van der Waals surface area contributed by atoms with Crippen molar-refractivity contribution in [3.05, 3.63) is 84.0 Å². The number of benzene rings is 4. The van der Waals surface area contributed by atoms with Crippen molar-refractivity contribution in [1.29, 1.82) is 0 Å². The van der Waals surface area contributed by atoms with E-state index in [0.29, 0.717) is 16.7 Å². The zero-order valence-electron chi connectivity index (χ0n) is 26.4. The van der Waals surface area contributed by atoms with Crippen LogP contribution in [-0.4, -0.2) is 11.2 Å². The lowest BCUT2D eigenvalue weighted by Crippen LogP contribution is -2.50. The zero-order chi connectivity index (χ0) is 29.2. The molecule has 0 aliphatic heterocycles. The van der Waals surface area contributed by atoms with Crippen LogP contribution in [0.2, 0.25) is 0 Å². The van der Waals surface area contributed by atoms with Crippen LogP contribution in [0.1, 0.15) is 91.0 Å². The van der Waals surface area contributed by atoms with Crippen LogP contribution in [0.5, 0.6) is 0 Å². The molecule has 1 N–H and O–H groups in total. The smallest absolute Gasteiger partial charge is 0.0577 e. The topological polar surface area (TPSA) is 20.2 Å². The Labute approximate surface area is 253 Å². The van der Waals surface area contributed by atoms with Crippen molar-refractivity contribution in [1.82, 2.24) is 0 Å². The summed E-state index contributed by atoms with van der Waals surface area (Å²) in [5.41, 5.74) is 5.30. The van der Waals surface area contributed by atoms with Gasteiger partial charge in [-0.1, -0.05) is 106 Å². The van der Waals surface area contributed by atoms with Gasteiger partial charge in [0.25, 0.3) is 0 Å². The van der Waals surface area contributed by atoms with Gasteiger partial charge in [-0.15, -0.1) is 0 Å². The van der Waals surface area contributed by atoms with Gasteiger partial charge in [0.2, 0.25) is 0 Å². The monoisotopic (exact) mass is 558 g/mol. The molecule has 3 saturated carbocycles. The van der Waals surface area contributed by atoms with E-state index in [1.54, 1.807) is 5.57 Å². The van der Waals surface area contributed by atoms with Crippen LogP contribution in [0.15, 0.2) is 78.4 Å². The summed E-state index contributed by atoms with van der Waals surface area (Å²) < 4.78 is 0. The number of aliphatic hydroxyl groups excluding tert-OH is 1. The van der Waals surface area contributed by atoms with Gasteiger partial charge >= 0.3 is 0 Å². The summed E-state index contributed by atoms with van der Waals surface area (Å²) in [5, 5.41) is 18.7. The lowest BCUT2D eigenvalue weighted by atomic mass is 9.47. The Hall–Kier alpha value is -2.64. The highest BCUT2D eigenvalue weighted by Gasteiger charge is 2.58. The minimum absolute atomic E-state index is 0.114. The molecule has 3 fully saturated rings. The number of rotatable bonds is 4. The van der Waals surface area contributed by atoms with Crippen LogP contribution in [0, 0.1) is 34.5 Å². The van der Waals surface area contributed by atoms with Gasteiger partial charge in [0.05, 0.1) is 6.10 Å². The molecular formula is C41H50O. The van der Waals surface area contributed by atoms with Gasteiger partial charge in [-0.2, -0.15) is 0 Å². The first kappa shape index (κ1) is 28.1. The summed E-state index contributed by atoms with van der Waals surface area (Å²) in [4.78, 5) is 0. The lowest BCUT2D eigenvalue weighted by molar-refractivity contribution is -0.0456. The SMILES string of the molecule is C=C(CCc1ccc2ccc3cccc4ccc1c2c34)C1CCC2C3CC=C4CC(O)CCC4(C)C3CCC12C.CC. The van der Waals surface area contributed by atoms with E-state index in [9.17, 15) is 5.11 Å². The lowest BCUT2D eigenvalue weighted by Gasteiger charge is -2.58. The van der Waals surface area contributed by atoms with Crippen LogP contribution in [-0.2, 0) is 6.42 Å². The maximum Gasteiger partial charge on any atom is 0.0577 e. The highest BCUT2D eigenvalue weighted by Crippen LogP contribution is 2.67. The summed E-state index contributed by atoms with van der Waals surface area (Å²) in [6.45, 7) is 14.0. The number of allylic oxidation sites excluding steroid dienone is 2. The second kappa shape index (κ2) is 10.5. The van der Waals surface area contributed by atoms with Crippen molar-refractivity contribution in [2.45, 2.75) is 98.0 Å². The zero-order valence-corrected chi connectivity index (χ0v) is 26.4. The molecule has 0 bridgehead atoms. The van der Waals surface area contributed by atoms with E-state index >= 15 is 0 Å². The molecule has 0 aromatic heterocycles. The minimum Gasteiger partial charge on any atom is -0.393 e. The van der Waals surface area contributed by atoms with Crippen molar-refractivity contribution in [2.75, 3.05) is 0 Å². The first-order valence-electron chi connectivity index (χ1n) is 17.1. The van der Waals surface area contributed by atoms with Crippen molar-refractivity contribution in [3.8, 4) is 0 Å². The number of hydrogen-bond donors (Lipinski definition) is 1. The molecule has 4 aliphatic rings. The molecule has 4 aromatic carbocycles. The fourth-order valence-electron chi connectivity index (χ4n) is 10.8. The third-order valence-electron chi connectivity index (χ3n) is 12.9. The molecule has 0 amide bonds. The Morgan fingerprint density at radius 3 is 2.33 bits per heavy atom. The molecule has 7 atom stereocenters. The van der Waals surface area contributed by atoms with E-state index in [1.807, 2.05) is 13.8 Å². The average molecular weight is 559 g/mol. The van der Waals surface area contributed by atoms with Crippen LogP contribution in [0.25, 0.3) is 32.3 Å². The molecule has 0 spiro atoms. The van der Waals surface area contributed by atoms with E-state index in [-0.39, 0.29) is 6.10 Å². The van der Waals surface area contributed by atoms with Gasteiger partial charge in [-0.05, 0) is 137 Å². The number of aryl methyl sites for hydroxylation is 1. The second-order valence-electron chi connectivity index (χ2n) is 14.6. The number of hydrogen-bond acceptors (Lipinski definition) is 1. The van der Waals surface area contributed by atoms with Crippen LogP contribution in [0.3, 0.4) is 0 Å². The predicted octanol–water partition coefficient (Wildman–Crippen LogP) is 11.0. The maximum absolute atomic E-state index is 10.4. The molecule has 1 nitrogen and oxygen atoms in total. The van der Waals surface area contributed by atoms with Gasteiger partial charge < -0.3 is 5.11 Å². The molecule has 0 heterocycles. The number of aliphatic hydroxyl groups is 1. The Balaban J connectivity index is 0.00000141. The number of fused-ring (bicyclic) bond motifs is 5. The standard InChI is InChI=1S/C39H44O.C2H6/c1-24(7-8-25-9-10-28-12-11-26-5-4-6-27-13-15-31(25)37(28)36(26)27)33-17-18-34-32-16-14-29-23-30(40)19-21-38(29,2)35(32)20-22-39(33,34)3;1-2/h4-6,9-15,30,32-35,40H,1,7-8,16-23H2,2-3H3;1-2H3. The Kier molecular flexibility index (Phi) is 7.05. The summed E-state index contributed by atoms with van der Waals surface area (Å²) in [6, 6.07) is 20.7. The Bertz CT molecular complexity index is 1640. The third kappa shape index (κ3) is 4.13. The summed E-state index contributed by atoms with van der Waals surface area (Å²) in [5.74, 6) is 3.11. The molecule has 7 unspecified atom stereocenters. The van der Waals surface area contributed by atoms with E-state index < -0.39 is 0 Å². The van der Waals surface area contributed by atoms with Crippen molar-refractivity contribution < 1.29 is 5.11 Å². The molecule has 0 saturated heterocycles. The maximum atomic E-state index is 10.4. The first-order chi connectivity index (χ1) is 20.4. The quantitative estimate of drug-likeness (QED) is 0.195. The van der Waals surface area contributed by atoms with E-state index in [0.717, 1.165) is 43.4 Å². The molecule has 220 valence electrons. The fourth-order valence-corrected chi connectivity index (χ4v) is 10.8. The van der Waals surface area contributed by atoms with E-state index in [1.165, 1.54) is 82.0 Å². The summed E-state index contributed by atoms with van der Waals surface area (Å²) in [6.07, 6.45) is 14.4. The minimum atomic E-state index is -0.114. The molecule has 8 rings (SSSR count). The predicted molar refractivity (Wildman–Crippen MR) is 180 cm³/mol.